The number of alkyl halides is 3. The maximum absolute atomic E-state index is 12.8. The quantitative estimate of drug-likeness (QED) is 0.546. The fraction of sp³-hybridized carbons (Fsp3) is 0.556. The van der Waals surface area contributed by atoms with Crippen molar-refractivity contribution in [3.05, 3.63) is 53.5 Å². The van der Waals surface area contributed by atoms with Crippen LogP contribution >= 0.6 is 0 Å². The number of furan rings is 1. The molecule has 0 radical (unpaired) electrons. The number of nitrogens with zero attached hydrogens (tertiary/aromatic N) is 2. The van der Waals surface area contributed by atoms with Crippen LogP contribution in [0.15, 0.2) is 41.0 Å². The predicted octanol–water partition coefficient (Wildman–Crippen LogP) is 5.38. The van der Waals surface area contributed by atoms with Gasteiger partial charge < -0.3 is 19.2 Å². The molecule has 2 aliphatic rings. The molecule has 2 aromatic rings. The summed E-state index contributed by atoms with van der Waals surface area (Å²) in [5.41, 5.74) is 2.26. The Morgan fingerprint density at radius 1 is 1.11 bits per heavy atom. The molecule has 1 amide bonds. The maximum Gasteiger partial charge on any atom is 0.490 e. The third-order valence-corrected chi connectivity index (χ3v) is 6.91. The van der Waals surface area contributed by atoms with Crippen LogP contribution in [0, 0.1) is 18.3 Å². The summed E-state index contributed by atoms with van der Waals surface area (Å²) in [5, 5.41) is 7.12. The second-order valence-electron chi connectivity index (χ2n) is 10.3. The van der Waals surface area contributed by atoms with E-state index < -0.39 is 12.1 Å². The first-order valence-electron chi connectivity index (χ1n) is 12.5. The van der Waals surface area contributed by atoms with Crippen LogP contribution in [0.2, 0.25) is 0 Å². The average Bonchev–Trinajstić information content (AvgIpc) is 3.46. The van der Waals surface area contributed by atoms with Gasteiger partial charge in [0, 0.05) is 25.2 Å². The third-order valence-electron chi connectivity index (χ3n) is 6.91. The van der Waals surface area contributed by atoms with Gasteiger partial charge in [-0.3, -0.25) is 9.69 Å². The lowest BCUT2D eigenvalue weighted by atomic mass is 9.77. The van der Waals surface area contributed by atoms with E-state index in [1.165, 1.54) is 5.56 Å². The van der Waals surface area contributed by atoms with Gasteiger partial charge in [-0.2, -0.15) is 13.2 Å². The van der Waals surface area contributed by atoms with Crippen LogP contribution in [0.5, 0.6) is 5.75 Å². The number of para-hydroxylation sites is 1. The van der Waals surface area contributed by atoms with Gasteiger partial charge in [-0.15, -0.1) is 0 Å². The van der Waals surface area contributed by atoms with Crippen molar-refractivity contribution in [1.82, 2.24) is 9.80 Å². The lowest BCUT2D eigenvalue weighted by molar-refractivity contribution is -0.192. The van der Waals surface area contributed by atoms with E-state index >= 15 is 0 Å². The summed E-state index contributed by atoms with van der Waals surface area (Å²) in [6.07, 6.45) is -0.0699. The van der Waals surface area contributed by atoms with Crippen molar-refractivity contribution < 1.29 is 37.0 Å². The van der Waals surface area contributed by atoms with E-state index in [0.717, 1.165) is 64.3 Å². The molecule has 2 saturated heterocycles. The molecule has 1 spiro atoms. The normalized spacial score (nSPS) is 17.5. The Labute approximate surface area is 215 Å². The van der Waals surface area contributed by atoms with Crippen LogP contribution in [0.25, 0.3) is 0 Å². The summed E-state index contributed by atoms with van der Waals surface area (Å²) in [4.78, 5) is 26.3. The van der Waals surface area contributed by atoms with Crippen molar-refractivity contribution in [3.8, 4) is 5.75 Å². The molecule has 2 fully saturated rings. The van der Waals surface area contributed by atoms with E-state index in [0.29, 0.717) is 17.2 Å². The third kappa shape index (κ3) is 7.74. The fourth-order valence-electron chi connectivity index (χ4n) is 4.75. The van der Waals surface area contributed by atoms with Crippen LogP contribution in [-0.2, 0) is 11.3 Å². The second-order valence-corrected chi connectivity index (χ2v) is 10.3. The zero-order valence-corrected chi connectivity index (χ0v) is 21.5. The van der Waals surface area contributed by atoms with Crippen molar-refractivity contribution in [2.45, 2.75) is 52.8 Å². The van der Waals surface area contributed by atoms with E-state index in [1.54, 1.807) is 12.3 Å². The van der Waals surface area contributed by atoms with Crippen LogP contribution in [0.1, 0.15) is 54.8 Å². The highest BCUT2D eigenvalue weighted by Crippen LogP contribution is 2.41. The molecule has 2 aliphatic heterocycles. The Morgan fingerprint density at radius 3 is 2.30 bits per heavy atom. The number of carbonyl (C=O) groups is 2. The fourth-order valence-corrected chi connectivity index (χ4v) is 4.75. The Hall–Kier alpha value is -3.01. The number of ether oxygens (including phenoxy) is 1. The molecule has 0 atom stereocenters. The van der Waals surface area contributed by atoms with E-state index in [4.69, 9.17) is 19.1 Å². The molecule has 0 saturated carbocycles. The van der Waals surface area contributed by atoms with Crippen molar-refractivity contribution in [2.24, 2.45) is 11.3 Å². The zero-order chi connectivity index (χ0) is 27.2. The molecule has 10 heteroatoms. The summed E-state index contributed by atoms with van der Waals surface area (Å²) >= 11 is 0. The smallest absolute Gasteiger partial charge is 0.490 e. The lowest BCUT2D eigenvalue weighted by Crippen LogP contribution is -2.42. The monoisotopic (exact) mass is 524 g/mol. The van der Waals surface area contributed by atoms with Crippen molar-refractivity contribution >= 4 is 11.9 Å². The minimum Gasteiger partial charge on any atom is -0.493 e. The predicted molar refractivity (Wildman–Crippen MR) is 131 cm³/mol. The largest absolute Gasteiger partial charge is 0.493 e. The van der Waals surface area contributed by atoms with E-state index in [2.05, 4.69) is 43.0 Å². The molecule has 1 aromatic carbocycles. The number of benzene rings is 1. The maximum atomic E-state index is 12.8. The van der Waals surface area contributed by atoms with E-state index in [1.807, 2.05) is 11.8 Å². The van der Waals surface area contributed by atoms with Gasteiger partial charge in [0.15, 0.2) is 0 Å². The van der Waals surface area contributed by atoms with Gasteiger partial charge in [-0.25, -0.2) is 4.79 Å². The Bertz CT molecular complexity index is 1060. The summed E-state index contributed by atoms with van der Waals surface area (Å²) in [6.45, 7) is 11.8. The number of carboxylic acid groups (broad SMARTS) is 1. The first kappa shape index (κ1) is 28.6. The number of hydrogen-bond acceptors (Lipinski definition) is 5. The number of halogens is 3. The van der Waals surface area contributed by atoms with E-state index in [-0.39, 0.29) is 11.3 Å². The molecule has 7 nitrogen and oxygen atoms in total. The number of piperidine rings is 1. The van der Waals surface area contributed by atoms with Gasteiger partial charge in [0.1, 0.15) is 11.5 Å². The van der Waals surface area contributed by atoms with E-state index in [9.17, 15) is 18.0 Å². The van der Waals surface area contributed by atoms with Crippen molar-refractivity contribution in [2.75, 3.05) is 32.8 Å². The number of carboxylic acids is 1. The molecule has 0 unspecified atom stereocenters. The lowest BCUT2D eigenvalue weighted by Gasteiger charge is -2.39. The van der Waals surface area contributed by atoms with Gasteiger partial charge in [-0.05, 0) is 62.7 Å². The number of hydrogen-bond donors (Lipinski definition) is 1. The highest BCUT2D eigenvalue weighted by atomic mass is 19.4. The van der Waals surface area contributed by atoms with Gasteiger partial charge in [-0.1, -0.05) is 32.0 Å². The second kappa shape index (κ2) is 12.0. The van der Waals surface area contributed by atoms with Crippen LogP contribution < -0.4 is 4.74 Å². The molecule has 0 aliphatic carbocycles. The molecular weight excluding hydrogens is 489 g/mol. The Kier molecular flexibility index (Phi) is 9.28. The van der Waals surface area contributed by atoms with Gasteiger partial charge >= 0.3 is 12.1 Å². The average molecular weight is 525 g/mol. The van der Waals surface area contributed by atoms with Crippen molar-refractivity contribution in [3.63, 3.8) is 0 Å². The molecule has 1 N–H and O–H groups in total. The molecular formula is C27H35F3N2O5. The number of likely N-dealkylation sites (tertiary alicyclic amines) is 2. The highest BCUT2D eigenvalue weighted by molar-refractivity contribution is 5.95. The Balaban J connectivity index is 0.000000479. The Morgan fingerprint density at radius 2 is 1.73 bits per heavy atom. The summed E-state index contributed by atoms with van der Waals surface area (Å²) in [5.74, 6) is -0.384. The highest BCUT2D eigenvalue weighted by Gasteiger charge is 2.42. The van der Waals surface area contributed by atoms with Crippen LogP contribution in [-0.4, -0.2) is 65.7 Å². The number of aliphatic carboxylic acids is 1. The standard InChI is InChI=1S/C25H34N2O3.C2HF3O2/c1-19(2)17-30-23-7-5-4-6-21(23)16-26-12-9-25(10-13-26)11-14-27(18-25)24(28)22-8-15-29-20(22)3;3-2(4,5)1(6)7/h4-8,15,19H,9-14,16-18H2,1-3H3;(H,6,7). The molecule has 3 heterocycles. The number of amides is 1. The summed E-state index contributed by atoms with van der Waals surface area (Å²) in [7, 11) is 0. The van der Waals surface area contributed by atoms with Gasteiger partial charge in [0.05, 0.1) is 18.4 Å². The zero-order valence-electron chi connectivity index (χ0n) is 21.5. The number of rotatable bonds is 6. The number of aryl methyl sites for hydroxylation is 1. The molecule has 4 rings (SSSR count). The molecule has 204 valence electrons. The first-order chi connectivity index (χ1) is 17.4. The minimum atomic E-state index is -5.08. The van der Waals surface area contributed by atoms with Gasteiger partial charge in [0.2, 0.25) is 0 Å². The van der Waals surface area contributed by atoms with Crippen molar-refractivity contribution in [1.29, 1.82) is 0 Å². The first-order valence-corrected chi connectivity index (χ1v) is 12.5. The topological polar surface area (TPSA) is 83.2 Å². The van der Waals surface area contributed by atoms with Crippen LogP contribution in [0.3, 0.4) is 0 Å². The number of carbonyl (C=O) groups excluding carboxylic acids is 1. The molecule has 37 heavy (non-hydrogen) atoms. The summed E-state index contributed by atoms with van der Waals surface area (Å²) in [6, 6.07) is 10.2. The molecule has 0 bridgehead atoms. The minimum absolute atomic E-state index is 0.122. The SMILES string of the molecule is Cc1occc1C(=O)N1CCC2(CCN(Cc3ccccc3OCC(C)C)CC2)C1.O=C(O)C(F)(F)F. The molecule has 1 aromatic heterocycles. The summed E-state index contributed by atoms with van der Waals surface area (Å²) < 4.78 is 43.1. The van der Waals surface area contributed by atoms with Gasteiger partial charge in [0.25, 0.3) is 5.91 Å². The van der Waals surface area contributed by atoms with Crippen LogP contribution in [0.4, 0.5) is 13.2 Å².